The van der Waals surface area contributed by atoms with Crippen molar-refractivity contribution < 1.29 is 13.5 Å². The minimum Gasteiger partial charge on any atom is -0.497 e. The Morgan fingerprint density at radius 1 is 1.21 bits per heavy atom. The summed E-state index contributed by atoms with van der Waals surface area (Å²) in [4.78, 5) is 4.29. The molecule has 0 heterocycles. The molecule has 0 aliphatic heterocycles. The van der Waals surface area contributed by atoms with Crippen molar-refractivity contribution in [3.05, 3.63) is 59.7 Å². The molecule has 0 bridgehead atoms. The predicted molar refractivity (Wildman–Crippen MR) is 101 cm³/mol. The number of halogens is 3. The van der Waals surface area contributed by atoms with E-state index >= 15 is 0 Å². The van der Waals surface area contributed by atoms with Gasteiger partial charge >= 0.3 is 0 Å². The third kappa shape index (κ3) is 4.14. The van der Waals surface area contributed by atoms with E-state index in [2.05, 4.69) is 10.3 Å². The molecule has 1 aliphatic rings. The number of nitrogens with zero attached hydrogens (tertiary/aromatic N) is 1. The van der Waals surface area contributed by atoms with Crippen LogP contribution in [0.2, 0.25) is 0 Å². The Kier molecular flexibility index (Phi) is 5.98. The number of hydrogen-bond acceptors (Lipinski definition) is 2. The fourth-order valence-corrected chi connectivity index (χ4v) is 2.56. The second kappa shape index (κ2) is 7.78. The highest BCUT2D eigenvalue weighted by Gasteiger charge is 2.42. The molecule has 1 aliphatic carbocycles. The van der Waals surface area contributed by atoms with Crippen molar-refractivity contribution in [3.8, 4) is 5.75 Å². The molecule has 1 fully saturated rings. The summed E-state index contributed by atoms with van der Waals surface area (Å²) in [6, 6.07) is 10.9. The summed E-state index contributed by atoms with van der Waals surface area (Å²) in [5.41, 5.74) is 6.69. The van der Waals surface area contributed by atoms with Crippen LogP contribution in [-0.2, 0) is 0 Å². The molecule has 7 heteroatoms. The molecule has 0 saturated heterocycles. The average Bonchev–Trinajstić information content (AvgIpc) is 3.25. The van der Waals surface area contributed by atoms with Gasteiger partial charge in [-0.3, -0.25) is 0 Å². The van der Waals surface area contributed by atoms with Crippen LogP contribution in [-0.4, -0.2) is 19.1 Å². The summed E-state index contributed by atoms with van der Waals surface area (Å²) in [6.45, 7) is 0. The van der Waals surface area contributed by atoms with Gasteiger partial charge in [-0.1, -0.05) is 12.1 Å². The molecule has 24 heavy (non-hydrogen) atoms. The van der Waals surface area contributed by atoms with Crippen LogP contribution in [0, 0.1) is 11.6 Å². The fourth-order valence-electron chi connectivity index (χ4n) is 2.56. The highest BCUT2D eigenvalue weighted by atomic mass is 127. The lowest BCUT2D eigenvalue weighted by Crippen LogP contribution is -2.23. The van der Waals surface area contributed by atoms with Crippen molar-refractivity contribution in [1.82, 2.24) is 0 Å². The molecule has 0 radical (unpaired) electrons. The van der Waals surface area contributed by atoms with Gasteiger partial charge in [-0.15, -0.1) is 24.0 Å². The van der Waals surface area contributed by atoms with E-state index in [0.29, 0.717) is 12.2 Å². The van der Waals surface area contributed by atoms with Gasteiger partial charge in [0.1, 0.15) is 17.4 Å². The number of ether oxygens (including phenoxy) is 1. The number of hydrogen-bond donors (Lipinski definition) is 2. The largest absolute Gasteiger partial charge is 0.497 e. The summed E-state index contributed by atoms with van der Waals surface area (Å²) in [6.07, 6.45) is 0.582. The van der Waals surface area contributed by atoms with Crippen molar-refractivity contribution >= 4 is 35.6 Å². The standard InChI is InChI=1S/C17H17F2N3O.HI/c1-23-11-5-2-4-10(8-11)21-17(20)22-15-9-12(15)16-13(18)6-3-7-14(16)19;/h2-8,12,15H,9H2,1H3,(H3,20,21,22);1H. The quantitative estimate of drug-likeness (QED) is 0.427. The van der Waals surface area contributed by atoms with E-state index in [-0.39, 0.29) is 47.5 Å². The van der Waals surface area contributed by atoms with Gasteiger partial charge in [0, 0.05) is 23.2 Å². The highest BCUT2D eigenvalue weighted by molar-refractivity contribution is 14.0. The zero-order valence-electron chi connectivity index (χ0n) is 13.0. The Hall–Kier alpha value is -1.90. The second-order valence-corrected chi connectivity index (χ2v) is 5.42. The number of guanidine groups is 1. The highest BCUT2D eigenvalue weighted by Crippen LogP contribution is 2.45. The zero-order valence-corrected chi connectivity index (χ0v) is 15.3. The minimum absolute atomic E-state index is 0. The first kappa shape index (κ1) is 18.4. The Balaban J connectivity index is 0.00000208. The molecule has 2 unspecified atom stereocenters. The van der Waals surface area contributed by atoms with E-state index in [1.807, 2.05) is 18.2 Å². The molecular formula is C17H18F2IN3O. The maximum absolute atomic E-state index is 13.7. The summed E-state index contributed by atoms with van der Waals surface area (Å²) >= 11 is 0. The topological polar surface area (TPSA) is 59.6 Å². The third-order valence-electron chi connectivity index (χ3n) is 3.77. The lowest BCUT2D eigenvalue weighted by Gasteiger charge is -2.07. The number of rotatable bonds is 4. The van der Waals surface area contributed by atoms with Gasteiger partial charge in [0.05, 0.1) is 13.2 Å². The van der Waals surface area contributed by atoms with Crippen molar-refractivity contribution in [2.45, 2.75) is 18.4 Å². The Morgan fingerprint density at radius 2 is 1.88 bits per heavy atom. The average molecular weight is 445 g/mol. The van der Waals surface area contributed by atoms with E-state index in [1.165, 1.54) is 18.2 Å². The molecule has 4 nitrogen and oxygen atoms in total. The number of aliphatic imine (C=N–C) groups is 1. The molecule has 0 aromatic heterocycles. The van der Waals surface area contributed by atoms with E-state index in [0.717, 1.165) is 5.69 Å². The van der Waals surface area contributed by atoms with Gasteiger partial charge < -0.3 is 15.8 Å². The molecular weight excluding hydrogens is 427 g/mol. The predicted octanol–water partition coefficient (Wildman–Crippen LogP) is 3.87. The van der Waals surface area contributed by atoms with Crippen LogP contribution >= 0.6 is 24.0 Å². The zero-order chi connectivity index (χ0) is 16.4. The normalized spacial score (nSPS) is 19.4. The number of benzene rings is 2. The maximum Gasteiger partial charge on any atom is 0.193 e. The lowest BCUT2D eigenvalue weighted by atomic mass is 10.1. The van der Waals surface area contributed by atoms with Gasteiger partial charge in [-0.2, -0.15) is 0 Å². The molecule has 2 aromatic rings. The molecule has 2 aromatic carbocycles. The maximum atomic E-state index is 13.7. The van der Waals surface area contributed by atoms with E-state index in [4.69, 9.17) is 10.5 Å². The number of methoxy groups -OCH3 is 1. The molecule has 3 N–H and O–H groups in total. The van der Waals surface area contributed by atoms with Crippen molar-refractivity contribution in [2.24, 2.45) is 10.7 Å². The summed E-state index contributed by atoms with van der Waals surface area (Å²) in [7, 11) is 1.58. The van der Waals surface area contributed by atoms with E-state index < -0.39 is 11.6 Å². The van der Waals surface area contributed by atoms with Crippen LogP contribution in [0.3, 0.4) is 0 Å². The van der Waals surface area contributed by atoms with Crippen LogP contribution in [0.1, 0.15) is 17.9 Å². The van der Waals surface area contributed by atoms with Crippen LogP contribution in [0.15, 0.2) is 47.5 Å². The van der Waals surface area contributed by atoms with Crippen LogP contribution < -0.4 is 15.8 Å². The number of nitrogens with two attached hydrogens (primary N) is 1. The van der Waals surface area contributed by atoms with Gasteiger partial charge in [0.25, 0.3) is 0 Å². The summed E-state index contributed by atoms with van der Waals surface area (Å²) in [5.74, 6) is -0.427. The SMILES string of the molecule is COc1cccc(NC(N)=NC2CC2c2c(F)cccc2F)c1.I. The minimum atomic E-state index is -0.535. The molecule has 0 spiro atoms. The van der Waals surface area contributed by atoms with E-state index in [1.54, 1.807) is 13.2 Å². The Labute approximate surface area is 156 Å². The summed E-state index contributed by atoms with van der Waals surface area (Å²) < 4.78 is 32.6. The van der Waals surface area contributed by atoms with Crippen molar-refractivity contribution in [2.75, 3.05) is 12.4 Å². The van der Waals surface area contributed by atoms with Crippen molar-refractivity contribution in [3.63, 3.8) is 0 Å². The first-order valence-corrected chi connectivity index (χ1v) is 7.26. The number of anilines is 1. The van der Waals surface area contributed by atoms with Crippen LogP contribution in [0.5, 0.6) is 5.75 Å². The Bertz CT molecular complexity index is 734. The molecule has 3 rings (SSSR count). The third-order valence-corrected chi connectivity index (χ3v) is 3.77. The monoisotopic (exact) mass is 445 g/mol. The first-order valence-electron chi connectivity index (χ1n) is 7.26. The van der Waals surface area contributed by atoms with Gasteiger partial charge in [0.2, 0.25) is 0 Å². The van der Waals surface area contributed by atoms with Crippen LogP contribution in [0.4, 0.5) is 14.5 Å². The van der Waals surface area contributed by atoms with Crippen molar-refractivity contribution in [1.29, 1.82) is 0 Å². The second-order valence-electron chi connectivity index (χ2n) is 5.42. The Morgan fingerprint density at radius 3 is 2.54 bits per heavy atom. The summed E-state index contributed by atoms with van der Waals surface area (Å²) in [5, 5.41) is 2.95. The van der Waals surface area contributed by atoms with Gasteiger partial charge in [-0.05, 0) is 30.7 Å². The van der Waals surface area contributed by atoms with Crippen LogP contribution in [0.25, 0.3) is 0 Å². The molecule has 128 valence electrons. The smallest absolute Gasteiger partial charge is 0.193 e. The molecule has 2 atom stereocenters. The van der Waals surface area contributed by atoms with Gasteiger partial charge in [0.15, 0.2) is 5.96 Å². The molecule has 1 saturated carbocycles. The van der Waals surface area contributed by atoms with Gasteiger partial charge in [-0.25, -0.2) is 13.8 Å². The number of nitrogens with one attached hydrogen (secondary N) is 1. The van der Waals surface area contributed by atoms with E-state index in [9.17, 15) is 8.78 Å². The first-order chi connectivity index (χ1) is 11.1. The lowest BCUT2D eigenvalue weighted by molar-refractivity contribution is 0.415. The molecule has 0 amide bonds. The fraction of sp³-hybridized carbons (Fsp3) is 0.235.